The Kier molecular flexibility index (Phi) is 8.43. The van der Waals surface area contributed by atoms with Gasteiger partial charge < -0.3 is 9.32 Å². The topological polar surface area (TPSA) is 55.1 Å². The van der Waals surface area contributed by atoms with Gasteiger partial charge >= 0.3 is 0 Å². The number of aromatic nitrogens is 3. The molecule has 0 unspecified atom stereocenters. The first kappa shape index (κ1) is 33.0. The van der Waals surface area contributed by atoms with Crippen molar-refractivity contribution < 1.29 is 4.42 Å². The Morgan fingerprint density at radius 3 is 1.52 bits per heavy atom. The van der Waals surface area contributed by atoms with Gasteiger partial charge in [-0.3, -0.25) is 0 Å². The van der Waals surface area contributed by atoms with E-state index in [9.17, 15) is 0 Å². The van der Waals surface area contributed by atoms with E-state index >= 15 is 0 Å². The summed E-state index contributed by atoms with van der Waals surface area (Å²) in [5, 5.41) is 1.94. The van der Waals surface area contributed by atoms with Crippen molar-refractivity contribution in [3.8, 4) is 56.4 Å². The molecule has 0 aliphatic rings. The Balaban J connectivity index is 1.12. The first-order valence-electron chi connectivity index (χ1n) is 18.7. The number of furan rings is 1. The second-order valence-electron chi connectivity index (χ2n) is 13.7. The predicted molar refractivity (Wildman–Crippen MR) is 229 cm³/mol. The van der Waals surface area contributed by atoms with Crippen molar-refractivity contribution in [2.75, 3.05) is 4.90 Å². The Bertz CT molecular complexity index is 2960. The van der Waals surface area contributed by atoms with E-state index in [0.29, 0.717) is 17.5 Å². The van der Waals surface area contributed by atoms with Gasteiger partial charge in [0, 0.05) is 50.6 Å². The Morgan fingerprint density at radius 1 is 0.321 bits per heavy atom. The molecule has 0 amide bonds. The quantitative estimate of drug-likeness (QED) is 0.157. The molecule has 0 fully saturated rings. The summed E-state index contributed by atoms with van der Waals surface area (Å²) in [6.07, 6.45) is 0. The summed E-state index contributed by atoms with van der Waals surface area (Å²) in [4.78, 5) is 17.6. The van der Waals surface area contributed by atoms with Gasteiger partial charge in [0.2, 0.25) is 0 Å². The summed E-state index contributed by atoms with van der Waals surface area (Å²) < 4.78 is 6.67. The highest BCUT2D eigenvalue weighted by Gasteiger charge is 2.20. The fourth-order valence-electron chi connectivity index (χ4n) is 7.43. The molecule has 0 N–H and O–H groups in total. The van der Waals surface area contributed by atoms with Crippen LogP contribution in [0.3, 0.4) is 0 Å². The summed E-state index contributed by atoms with van der Waals surface area (Å²) in [6, 6.07) is 71.0. The van der Waals surface area contributed by atoms with E-state index in [1.54, 1.807) is 0 Å². The SMILES string of the molecule is c1ccc(-c2cccc(-c3nc(-c4ccccc4)nc(-c4cccc5oc6cc(N(c7ccccc7)c7cccc(-c8ccccc8)c7)ccc6c45)n3)c2)cc1. The van der Waals surface area contributed by atoms with Crippen LogP contribution >= 0.6 is 0 Å². The number of fused-ring (bicyclic) bond motifs is 3. The van der Waals surface area contributed by atoms with Crippen LogP contribution in [-0.2, 0) is 0 Å². The molecule has 2 aromatic heterocycles. The number of nitrogens with zero attached hydrogens (tertiary/aromatic N) is 4. The molecule has 8 aromatic carbocycles. The number of rotatable bonds is 8. The fourth-order valence-corrected chi connectivity index (χ4v) is 7.43. The zero-order valence-corrected chi connectivity index (χ0v) is 30.3. The highest BCUT2D eigenvalue weighted by atomic mass is 16.3. The van der Waals surface area contributed by atoms with Gasteiger partial charge in [0.25, 0.3) is 0 Å². The maximum Gasteiger partial charge on any atom is 0.164 e. The molecule has 0 radical (unpaired) electrons. The number of hydrogen-bond acceptors (Lipinski definition) is 5. The molecule has 10 rings (SSSR count). The van der Waals surface area contributed by atoms with Crippen LogP contribution in [0.5, 0.6) is 0 Å². The maximum absolute atomic E-state index is 6.67. The molecule has 0 saturated carbocycles. The van der Waals surface area contributed by atoms with Crippen molar-refractivity contribution in [1.82, 2.24) is 15.0 Å². The third kappa shape index (κ3) is 6.27. The number of para-hydroxylation sites is 1. The number of anilines is 3. The minimum absolute atomic E-state index is 0.583. The molecule has 0 atom stereocenters. The molecule has 0 aliphatic carbocycles. The van der Waals surface area contributed by atoms with Crippen LogP contribution in [0.2, 0.25) is 0 Å². The summed E-state index contributed by atoms with van der Waals surface area (Å²) in [5.74, 6) is 1.80. The molecule has 0 aliphatic heterocycles. The van der Waals surface area contributed by atoms with E-state index in [1.807, 2.05) is 60.7 Å². The molecule has 10 aromatic rings. The first-order chi connectivity index (χ1) is 27.7. The smallest absolute Gasteiger partial charge is 0.164 e. The van der Waals surface area contributed by atoms with Crippen LogP contribution in [0.25, 0.3) is 78.4 Å². The molecule has 0 saturated heterocycles. The Hall–Kier alpha value is -7.63. The van der Waals surface area contributed by atoms with Gasteiger partial charge in [-0.15, -0.1) is 0 Å². The summed E-state index contributed by atoms with van der Waals surface area (Å²) in [7, 11) is 0. The lowest BCUT2D eigenvalue weighted by molar-refractivity contribution is 0.669. The van der Waals surface area contributed by atoms with Gasteiger partial charge in [-0.25, -0.2) is 15.0 Å². The largest absolute Gasteiger partial charge is 0.456 e. The second kappa shape index (κ2) is 14.3. The van der Waals surface area contributed by atoms with Gasteiger partial charge in [-0.2, -0.15) is 0 Å². The van der Waals surface area contributed by atoms with Crippen LogP contribution in [0.15, 0.2) is 211 Å². The number of hydrogen-bond donors (Lipinski definition) is 0. The summed E-state index contributed by atoms with van der Waals surface area (Å²) in [6.45, 7) is 0. The minimum atomic E-state index is 0.583. The molecule has 5 nitrogen and oxygen atoms in total. The van der Waals surface area contributed by atoms with E-state index in [-0.39, 0.29) is 0 Å². The maximum atomic E-state index is 6.67. The third-order valence-electron chi connectivity index (χ3n) is 10.1. The van der Waals surface area contributed by atoms with Crippen LogP contribution in [-0.4, -0.2) is 15.0 Å². The van der Waals surface area contributed by atoms with Gasteiger partial charge in [0.15, 0.2) is 17.5 Å². The van der Waals surface area contributed by atoms with Gasteiger partial charge in [0.1, 0.15) is 11.2 Å². The molecular formula is C51H34N4O. The van der Waals surface area contributed by atoms with Crippen molar-refractivity contribution in [2.24, 2.45) is 0 Å². The van der Waals surface area contributed by atoms with Gasteiger partial charge in [-0.05, 0) is 70.8 Å². The lowest BCUT2D eigenvalue weighted by atomic mass is 10.0. The van der Waals surface area contributed by atoms with Crippen molar-refractivity contribution in [3.05, 3.63) is 206 Å². The van der Waals surface area contributed by atoms with Gasteiger partial charge in [-0.1, -0.05) is 152 Å². The third-order valence-corrected chi connectivity index (χ3v) is 10.1. The van der Waals surface area contributed by atoms with Crippen molar-refractivity contribution >= 4 is 39.0 Å². The molecule has 2 heterocycles. The highest BCUT2D eigenvalue weighted by molar-refractivity contribution is 6.12. The van der Waals surface area contributed by atoms with E-state index < -0.39 is 0 Å². The van der Waals surface area contributed by atoms with E-state index in [2.05, 4.69) is 150 Å². The standard InChI is InChI=1S/C51H34N4O/c1-5-16-35(17-6-1)38-22-13-24-40(32-38)50-52-49(37-20-9-3-10-21-37)53-51(54-50)45-28-15-29-46-48(45)44-31-30-43(34-47(44)56-46)55(41-25-11-4-12-26-41)42-27-14-23-39(33-42)36-18-7-2-8-19-36/h1-34H. The fraction of sp³-hybridized carbons (Fsp3) is 0. The molecule has 56 heavy (non-hydrogen) atoms. The molecule has 5 heteroatoms. The van der Waals surface area contributed by atoms with Crippen LogP contribution < -0.4 is 4.90 Å². The molecule has 0 bridgehead atoms. The minimum Gasteiger partial charge on any atom is -0.456 e. The van der Waals surface area contributed by atoms with Crippen LogP contribution in [0.1, 0.15) is 0 Å². The predicted octanol–water partition coefficient (Wildman–Crippen LogP) is 13.6. The van der Waals surface area contributed by atoms with Crippen molar-refractivity contribution in [2.45, 2.75) is 0 Å². The van der Waals surface area contributed by atoms with E-state index in [1.165, 1.54) is 5.56 Å². The molecular weight excluding hydrogens is 685 g/mol. The van der Waals surface area contributed by atoms with Crippen LogP contribution in [0.4, 0.5) is 17.1 Å². The van der Waals surface area contributed by atoms with E-state index in [4.69, 9.17) is 19.4 Å². The van der Waals surface area contributed by atoms with Crippen LogP contribution in [0, 0.1) is 0 Å². The monoisotopic (exact) mass is 718 g/mol. The lowest BCUT2D eigenvalue weighted by Crippen LogP contribution is -2.09. The number of benzene rings is 8. The first-order valence-corrected chi connectivity index (χ1v) is 18.7. The molecule has 0 spiro atoms. The lowest BCUT2D eigenvalue weighted by Gasteiger charge is -2.26. The summed E-state index contributed by atoms with van der Waals surface area (Å²) >= 11 is 0. The van der Waals surface area contributed by atoms with Crippen molar-refractivity contribution in [1.29, 1.82) is 0 Å². The zero-order valence-electron chi connectivity index (χ0n) is 30.3. The normalized spacial score (nSPS) is 11.2. The molecule has 264 valence electrons. The Morgan fingerprint density at radius 2 is 0.821 bits per heavy atom. The van der Waals surface area contributed by atoms with Crippen molar-refractivity contribution in [3.63, 3.8) is 0 Å². The average Bonchev–Trinajstić information content (AvgIpc) is 3.66. The van der Waals surface area contributed by atoms with E-state index in [0.717, 1.165) is 72.4 Å². The average molecular weight is 719 g/mol. The van der Waals surface area contributed by atoms with Gasteiger partial charge in [0.05, 0.1) is 0 Å². The zero-order chi connectivity index (χ0) is 37.3. The Labute approximate surface area is 324 Å². The summed E-state index contributed by atoms with van der Waals surface area (Å²) in [5.41, 5.74) is 11.9. The second-order valence-corrected chi connectivity index (χ2v) is 13.7. The highest BCUT2D eigenvalue weighted by Crippen LogP contribution is 2.42.